The van der Waals surface area contributed by atoms with Gasteiger partial charge < -0.3 is 9.47 Å². The second kappa shape index (κ2) is 6.95. The van der Waals surface area contributed by atoms with Gasteiger partial charge >= 0.3 is 0 Å². The maximum Gasteiger partial charge on any atom is 0.248 e. The molecule has 6 heteroatoms. The standard InChI is InChI=1S/C18H23ClN4O/c1-21(2)17(24)18(23-12-9-20-14-23)7-10-22(11-8-18)13-15-5-3-4-6-16(15)19/h3-6,9,12,14H,7-8,10-11,13H2,1-2H3. The lowest BCUT2D eigenvalue weighted by Crippen LogP contribution is -2.54. The van der Waals surface area contributed by atoms with E-state index in [-0.39, 0.29) is 5.91 Å². The van der Waals surface area contributed by atoms with Gasteiger partial charge in [0.1, 0.15) is 5.54 Å². The minimum atomic E-state index is -0.531. The van der Waals surface area contributed by atoms with Gasteiger partial charge in [-0.05, 0) is 24.5 Å². The number of hydrogen-bond acceptors (Lipinski definition) is 3. The predicted molar refractivity (Wildman–Crippen MR) is 94.9 cm³/mol. The number of hydrogen-bond donors (Lipinski definition) is 0. The SMILES string of the molecule is CN(C)C(=O)C1(n2ccnc2)CCN(Cc2ccccc2Cl)CC1. The molecule has 0 unspecified atom stereocenters. The van der Waals surface area contributed by atoms with Gasteiger partial charge in [0, 0.05) is 51.1 Å². The van der Waals surface area contributed by atoms with E-state index in [0.717, 1.165) is 43.1 Å². The number of imidazole rings is 1. The smallest absolute Gasteiger partial charge is 0.248 e. The number of rotatable bonds is 4. The minimum absolute atomic E-state index is 0.137. The number of aromatic nitrogens is 2. The van der Waals surface area contributed by atoms with Crippen LogP contribution < -0.4 is 0 Å². The van der Waals surface area contributed by atoms with E-state index < -0.39 is 5.54 Å². The van der Waals surface area contributed by atoms with E-state index in [1.165, 1.54) is 0 Å². The van der Waals surface area contributed by atoms with Crippen LogP contribution in [0.15, 0.2) is 43.0 Å². The van der Waals surface area contributed by atoms with Crippen molar-refractivity contribution >= 4 is 17.5 Å². The van der Waals surface area contributed by atoms with Gasteiger partial charge in [0.05, 0.1) is 6.33 Å². The molecule has 1 fully saturated rings. The van der Waals surface area contributed by atoms with Crippen molar-refractivity contribution in [1.29, 1.82) is 0 Å². The molecule has 0 N–H and O–H groups in total. The molecular weight excluding hydrogens is 324 g/mol. The van der Waals surface area contributed by atoms with Gasteiger partial charge in [-0.25, -0.2) is 4.98 Å². The Balaban J connectivity index is 1.75. The number of amides is 1. The number of halogens is 1. The number of carbonyl (C=O) groups is 1. The van der Waals surface area contributed by atoms with E-state index in [2.05, 4.69) is 16.0 Å². The van der Waals surface area contributed by atoms with Crippen LogP contribution in [0.25, 0.3) is 0 Å². The molecule has 1 aromatic heterocycles. The highest BCUT2D eigenvalue weighted by Gasteiger charge is 2.43. The normalized spacial score (nSPS) is 17.6. The first kappa shape index (κ1) is 17.0. The first-order valence-electron chi connectivity index (χ1n) is 8.19. The van der Waals surface area contributed by atoms with Crippen molar-refractivity contribution in [3.63, 3.8) is 0 Å². The number of likely N-dealkylation sites (tertiary alicyclic amines) is 1. The summed E-state index contributed by atoms with van der Waals surface area (Å²) in [5.74, 6) is 0.137. The summed E-state index contributed by atoms with van der Waals surface area (Å²) in [6, 6.07) is 7.94. The van der Waals surface area contributed by atoms with Crippen LogP contribution in [0.5, 0.6) is 0 Å². The zero-order chi connectivity index (χ0) is 17.2. The Hall–Kier alpha value is -1.85. The van der Waals surface area contributed by atoms with Crippen molar-refractivity contribution in [1.82, 2.24) is 19.4 Å². The fourth-order valence-corrected chi connectivity index (χ4v) is 3.66. The Morgan fingerprint density at radius 3 is 2.58 bits per heavy atom. The molecule has 1 aliphatic rings. The molecule has 0 saturated carbocycles. The summed E-state index contributed by atoms with van der Waals surface area (Å²) in [7, 11) is 3.63. The van der Waals surface area contributed by atoms with Crippen molar-refractivity contribution < 1.29 is 4.79 Å². The average molecular weight is 347 g/mol. The van der Waals surface area contributed by atoms with E-state index >= 15 is 0 Å². The van der Waals surface area contributed by atoms with Crippen LogP contribution in [0.1, 0.15) is 18.4 Å². The summed E-state index contributed by atoms with van der Waals surface area (Å²) in [6.45, 7) is 2.52. The first-order chi connectivity index (χ1) is 11.5. The number of nitrogens with zero attached hydrogens (tertiary/aromatic N) is 4. The summed E-state index contributed by atoms with van der Waals surface area (Å²) in [5, 5.41) is 0.799. The topological polar surface area (TPSA) is 41.4 Å². The molecule has 0 spiro atoms. The highest BCUT2D eigenvalue weighted by Crippen LogP contribution is 2.33. The second-order valence-electron chi connectivity index (χ2n) is 6.57. The number of carbonyl (C=O) groups excluding carboxylic acids is 1. The van der Waals surface area contributed by atoms with Crippen LogP contribution in [0, 0.1) is 0 Å². The molecule has 3 rings (SSSR count). The summed E-state index contributed by atoms with van der Waals surface area (Å²) in [6.07, 6.45) is 6.92. The average Bonchev–Trinajstić information content (AvgIpc) is 3.12. The Labute approximate surface area is 147 Å². The van der Waals surface area contributed by atoms with E-state index in [9.17, 15) is 4.79 Å². The quantitative estimate of drug-likeness (QED) is 0.854. The van der Waals surface area contributed by atoms with E-state index in [4.69, 9.17) is 11.6 Å². The van der Waals surface area contributed by atoms with Crippen LogP contribution in [0.3, 0.4) is 0 Å². The molecule has 2 aromatic rings. The van der Waals surface area contributed by atoms with E-state index in [1.54, 1.807) is 17.4 Å². The third kappa shape index (κ3) is 3.19. The molecule has 24 heavy (non-hydrogen) atoms. The predicted octanol–water partition coefficient (Wildman–Crippen LogP) is 2.62. The lowest BCUT2D eigenvalue weighted by atomic mass is 9.85. The van der Waals surface area contributed by atoms with Gasteiger partial charge in [0.15, 0.2) is 0 Å². The summed E-state index contributed by atoms with van der Waals surface area (Å²) < 4.78 is 1.97. The van der Waals surface area contributed by atoms with Crippen LogP contribution in [0.4, 0.5) is 0 Å². The Morgan fingerprint density at radius 2 is 2.00 bits per heavy atom. The molecule has 2 heterocycles. The molecule has 128 valence electrons. The lowest BCUT2D eigenvalue weighted by molar-refractivity contribution is -0.141. The molecule has 1 aliphatic heterocycles. The number of benzene rings is 1. The van der Waals surface area contributed by atoms with Crippen molar-refractivity contribution in [3.8, 4) is 0 Å². The van der Waals surface area contributed by atoms with Crippen LogP contribution >= 0.6 is 11.6 Å². The maximum atomic E-state index is 12.9. The van der Waals surface area contributed by atoms with Crippen LogP contribution in [-0.4, -0.2) is 52.4 Å². The molecule has 0 bridgehead atoms. The van der Waals surface area contributed by atoms with Gasteiger partial charge in [-0.1, -0.05) is 29.8 Å². The molecule has 0 radical (unpaired) electrons. The molecule has 5 nitrogen and oxygen atoms in total. The minimum Gasteiger partial charge on any atom is -0.347 e. The van der Waals surface area contributed by atoms with Gasteiger partial charge in [0.2, 0.25) is 5.91 Å². The third-order valence-electron chi connectivity index (χ3n) is 4.84. The van der Waals surface area contributed by atoms with Crippen LogP contribution in [0.2, 0.25) is 5.02 Å². The lowest BCUT2D eigenvalue weighted by Gasteiger charge is -2.42. The molecule has 0 aliphatic carbocycles. The van der Waals surface area contributed by atoms with Gasteiger partial charge in [0.25, 0.3) is 0 Å². The second-order valence-corrected chi connectivity index (χ2v) is 6.98. The highest BCUT2D eigenvalue weighted by molar-refractivity contribution is 6.31. The number of likely N-dealkylation sites (N-methyl/N-ethyl adjacent to an activating group) is 1. The Bertz CT molecular complexity index is 691. The molecule has 0 atom stereocenters. The molecule has 1 saturated heterocycles. The summed E-state index contributed by atoms with van der Waals surface area (Å²) in [5.41, 5.74) is 0.602. The van der Waals surface area contributed by atoms with Gasteiger partial charge in [-0.2, -0.15) is 0 Å². The largest absolute Gasteiger partial charge is 0.347 e. The summed E-state index contributed by atoms with van der Waals surface area (Å²) >= 11 is 6.27. The van der Waals surface area contributed by atoms with Gasteiger partial charge in [-0.15, -0.1) is 0 Å². The highest BCUT2D eigenvalue weighted by atomic mass is 35.5. The van der Waals surface area contributed by atoms with Crippen molar-refractivity contribution in [2.24, 2.45) is 0 Å². The number of piperidine rings is 1. The summed E-state index contributed by atoms with van der Waals surface area (Å²) in [4.78, 5) is 21.1. The molecular formula is C18H23ClN4O. The monoisotopic (exact) mass is 346 g/mol. The first-order valence-corrected chi connectivity index (χ1v) is 8.57. The van der Waals surface area contributed by atoms with E-state index in [1.807, 2.05) is 43.1 Å². The molecule has 1 aromatic carbocycles. The third-order valence-corrected chi connectivity index (χ3v) is 5.21. The Morgan fingerprint density at radius 1 is 1.29 bits per heavy atom. The fraction of sp³-hybridized carbons (Fsp3) is 0.444. The zero-order valence-corrected chi connectivity index (χ0v) is 14.9. The fourth-order valence-electron chi connectivity index (χ4n) is 3.46. The van der Waals surface area contributed by atoms with Gasteiger partial charge in [-0.3, -0.25) is 9.69 Å². The Kier molecular flexibility index (Phi) is 4.92. The van der Waals surface area contributed by atoms with Crippen LogP contribution in [-0.2, 0) is 16.9 Å². The maximum absolute atomic E-state index is 12.9. The molecule has 1 amide bonds. The van der Waals surface area contributed by atoms with Crippen molar-refractivity contribution in [3.05, 3.63) is 53.6 Å². The van der Waals surface area contributed by atoms with Crippen molar-refractivity contribution in [2.75, 3.05) is 27.2 Å². The van der Waals surface area contributed by atoms with Crippen molar-refractivity contribution in [2.45, 2.75) is 24.9 Å². The van der Waals surface area contributed by atoms with E-state index in [0.29, 0.717) is 0 Å². The zero-order valence-electron chi connectivity index (χ0n) is 14.2.